The average molecular weight is 304 g/mol. The number of hydrogen-bond donors (Lipinski definition) is 1. The number of benzene rings is 1. The third-order valence-electron chi connectivity index (χ3n) is 3.40. The van der Waals surface area contributed by atoms with Gasteiger partial charge in [-0.3, -0.25) is 9.59 Å². The first-order valence-electron chi connectivity index (χ1n) is 7.08. The van der Waals surface area contributed by atoms with Crippen molar-refractivity contribution in [1.29, 1.82) is 0 Å². The molecule has 0 bridgehead atoms. The molecule has 1 saturated heterocycles. The normalized spacial score (nSPS) is 15.7. The van der Waals surface area contributed by atoms with Gasteiger partial charge in [-0.05, 0) is 0 Å². The van der Waals surface area contributed by atoms with E-state index in [1.807, 2.05) is 0 Å². The van der Waals surface area contributed by atoms with Crippen LogP contribution in [0.3, 0.4) is 0 Å². The summed E-state index contributed by atoms with van der Waals surface area (Å²) in [6, 6.07) is 3.10. The monoisotopic (exact) mass is 304 g/mol. The number of aromatic nitrogens is 2. The molecule has 1 aromatic carbocycles. The molecular weight excluding hydrogens is 288 g/mol. The highest BCUT2D eigenvalue weighted by Crippen LogP contribution is 2.30. The van der Waals surface area contributed by atoms with Gasteiger partial charge >= 0.3 is 5.97 Å². The van der Waals surface area contributed by atoms with Crippen molar-refractivity contribution in [2.45, 2.75) is 25.9 Å². The second-order valence-electron chi connectivity index (χ2n) is 5.07. The Morgan fingerprint density at radius 1 is 1.36 bits per heavy atom. The van der Waals surface area contributed by atoms with Gasteiger partial charge in [0.15, 0.2) is 0 Å². The molecule has 1 fully saturated rings. The van der Waals surface area contributed by atoms with Crippen molar-refractivity contribution >= 4 is 16.9 Å². The number of ether oxygens (including phenoxy) is 3. The molecule has 1 aliphatic rings. The molecule has 1 aromatic heterocycles. The minimum Gasteiger partial charge on any atom is -0.489 e. The number of rotatable bonds is 3. The van der Waals surface area contributed by atoms with Crippen LogP contribution >= 0.6 is 0 Å². The van der Waals surface area contributed by atoms with Gasteiger partial charge in [0.25, 0.3) is 5.56 Å². The molecule has 1 aliphatic heterocycles. The molecule has 7 nitrogen and oxygen atoms in total. The molecule has 3 rings (SSSR count). The van der Waals surface area contributed by atoms with Gasteiger partial charge in [0.2, 0.25) is 0 Å². The van der Waals surface area contributed by atoms with Gasteiger partial charge in [0.1, 0.15) is 23.0 Å². The second-order valence-corrected chi connectivity index (χ2v) is 5.07. The van der Waals surface area contributed by atoms with Crippen LogP contribution in [0, 0.1) is 0 Å². The minimum atomic E-state index is -0.443. The first-order valence-corrected chi connectivity index (χ1v) is 7.08. The van der Waals surface area contributed by atoms with Gasteiger partial charge in [-0.15, -0.1) is 0 Å². The number of carbonyl (C=O) groups is 1. The van der Waals surface area contributed by atoms with Crippen LogP contribution < -0.4 is 15.0 Å². The Morgan fingerprint density at radius 3 is 2.86 bits per heavy atom. The molecule has 0 radical (unpaired) electrons. The summed E-state index contributed by atoms with van der Waals surface area (Å²) >= 11 is 0. The van der Waals surface area contributed by atoms with Gasteiger partial charge in [-0.1, -0.05) is 0 Å². The molecule has 0 amide bonds. The fraction of sp³-hybridized carbons (Fsp3) is 0.400. The van der Waals surface area contributed by atoms with Crippen LogP contribution in [0.5, 0.6) is 11.5 Å². The van der Waals surface area contributed by atoms with Crippen LogP contribution in [0.1, 0.15) is 19.8 Å². The van der Waals surface area contributed by atoms with Crippen molar-refractivity contribution in [2.24, 2.45) is 0 Å². The molecule has 116 valence electrons. The summed E-state index contributed by atoms with van der Waals surface area (Å²) in [5.41, 5.74) is 0.131. The van der Waals surface area contributed by atoms with E-state index in [-0.39, 0.29) is 11.7 Å². The average Bonchev–Trinajstić information content (AvgIpc) is 2.47. The molecule has 0 saturated carbocycles. The molecule has 7 heteroatoms. The summed E-state index contributed by atoms with van der Waals surface area (Å²) in [6.07, 6.45) is 2.76. The maximum absolute atomic E-state index is 12.1. The van der Waals surface area contributed by atoms with Crippen molar-refractivity contribution in [3.63, 3.8) is 0 Å². The van der Waals surface area contributed by atoms with Gasteiger partial charge in [0, 0.05) is 31.9 Å². The molecule has 0 unspecified atom stereocenters. The van der Waals surface area contributed by atoms with Gasteiger partial charge in [0.05, 0.1) is 25.1 Å². The van der Waals surface area contributed by atoms with Gasteiger partial charge in [-0.2, -0.15) is 0 Å². The molecule has 22 heavy (non-hydrogen) atoms. The fourth-order valence-electron chi connectivity index (χ4n) is 2.43. The zero-order valence-corrected chi connectivity index (χ0v) is 12.1. The predicted octanol–water partition coefficient (Wildman–Crippen LogP) is 1.41. The summed E-state index contributed by atoms with van der Waals surface area (Å²) in [6.45, 7) is 2.57. The zero-order valence-electron chi connectivity index (χ0n) is 12.1. The summed E-state index contributed by atoms with van der Waals surface area (Å²) in [5, 5.41) is 0.352. The lowest BCUT2D eigenvalue weighted by Crippen LogP contribution is -2.26. The van der Waals surface area contributed by atoms with Crippen molar-refractivity contribution in [3.8, 4) is 11.5 Å². The fourth-order valence-corrected chi connectivity index (χ4v) is 2.43. The van der Waals surface area contributed by atoms with Crippen molar-refractivity contribution in [2.75, 3.05) is 13.2 Å². The number of H-pyrrole nitrogens is 1. The van der Waals surface area contributed by atoms with E-state index >= 15 is 0 Å². The van der Waals surface area contributed by atoms with Crippen LogP contribution in [0.25, 0.3) is 10.9 Å². The summed E-state index contributed by atoms with van der Waals surface area (Å²) in [4.78, 5) is 29.9. The number of carbonyl (C=O) groups excluding carboxylic acids is 1. The largest absolute Gasteiger partial charge is 0.489 e. The SMILES string of the molecule is CC(=O)Oc1cc(OC2CCOCC2)c2c(=O)[nH]cnc2c1. The van der Waals surface area contributed by atoms with E-state index in [1.165, 1.54) is 13.3 Å². The Balaban J connectivity index is 2.03. The number of fused-ring (bicyclic) bond motifs is 1. The lowest BCUT2D eigenvalue weighted by molar-refractivity contribution is -0.131. The standard InChI is InChI=1S/C15H16N2O5/c1-9(18)21-11-6-12-14(15(19)17-8-16-12)13(7-11)22-10-2-4-20-5-3-10/h6-8,10H,2-5H2,1H3,(H,16,17,19). The lowest BCUT2D eigenvalue weighted by Gasteiger charge is -2.24. The van der Waals surface area contributed by atoms with Crippen LogP contribution in [0.2, 0.25) is 0 Å². The molecule has 0 aliphatic carbocycles. The van der Waals surface area contributed by atoms with Crippen LogP contribution in [-0.2, 0) is 9.53 Å². The lowest BCUT2D eigenvalue weighted by atomic mass is 10.1. The highest BCUT2D eigenvalue weighted by Gasteiger charge is 2.19. The second kappa shape index (κ2) is 6.15. The van der Waals surface area contributed by atoms with Gasteiger partial charge in [-0.25, -0.2) is 4.98 Å². The Hall–Kier alpha value is -2.41. The van der Waals surface area contributed by atoms with E-state index in [0.29, 0.717) is 35.6 Å². The summed E-state index contributed by atoms with van der Waals surface area (Å²) in [7, 11) is 0. The van der Waals surface area contributed by atoms with Crippen LogP contribution in [-0.4, -0.2) is 35.3 Å². The maximum Gasteiger partial charge on any atom is 0.308 e. The number of esters is 1. The number of nitrogens with one attached hydrogen (secondary N) is 1. The van der Waals surface area contributed by atoms with E-state index in [0.717, 1.165) is 12.8 Å². The maximum atomic E-state index is 12.1. The predicted molar refractivity (Wildman–Crippen MR) is 78.1 cm³/mol. The number of aromatic amines is 1. The van der Waals surface area contributed by atoms with Crippen LogP contribution in [0.4, 0.5) is 0 Å². The Labute approximate surface area is 126 Å². The first kappa shape index (κ1) is 14.5. The summed E-state index contributed by atoms with van der Waals surface area (Å²) < 4.78 is 16.3. The quantitative estimate of drug-likeness (QED) is 0.681. The topological polar surface area (TPSA) is 90.5 Å². The van der Waals surface area contributed by atoms with E-state index in [9.17, 15) is 9.59 Å². The Kier molecular flexibility index (Phi) is 4.06. The van der Waals surface area contributed by atoms with E-state index in [1.54, 1.807) is 12.1 Å². The molecule has 2 aromatic rings. The molecule has 1 N–H and O–H groups in total. The highest BCUT2D eigenvalue weighted by atomic mass is 16.5. The van der Waals surface area contributed by atoms with Crippen molar-refractivity contribution in [1.82, 2.24) is 9.97 Å². The third-order valence-corrected chi connectivity index (χ3v) is 3.40. The van der Waals surface area contributed by atoms with E-state index < -0.39 is 5.97 Å². The Bertz CT molecular complexity index is 749. The minimum absolute atomic E-state index is 0.0378. The highest BCUT2D eigenvalue weighted by molar-refractivity contribution is 5.86. The number of hydrogen-bond acceptors (Lipinski definition) is 6. The molecule has 0 spiro atoms. The van der Waals surface area contributed by atoms with Crippen LogP contribution in [0.15, 0.2) is 23.3 Å². The van der Waals surface area contributed by atoms with Crippen molar-refractivity contribution < 1.29 is 19.0 Å². The van der Waals surface area contributed by atoms with Gasteiger partial charge < -0.3 is 19.2 Å². The number of nitrogens with zero attached hydrogens (tertiary/aromatic N) is 1. The molecular formula is C15H16N2O5. The van der Waals surface area contributed by atoms with E-state index in [2.05, 4.69) is 9.97 Å². The Morgan fingerprint density at radius 2 is 2.14 bits per heavy atom. The van der Waals surface area contributed by atoms with Crippen molar-refractivity contribution in [3.05, 3.63) is 28.8 Å². The first-order chi connectivity index (χ1) is 10.6. The molecule has 0 atom stereocenters. The third kappa shape index (κ3) is 3.09. The van der Waals surface area contributed by atoms with E-state index in [4.69, 9.17) is 14.2 Å². The smallest absolute Gasteiger partial charge is 0.308 e. The molecule has 2 heterocycles. The summed E-state index contributed by atoms with van der Waals surface area (Å²) in [5.74, 6) is 0.233. The zero-order chi connectivity index (χ0) is 15.5.